The van der Waals surface area contributed by atoms with Crippen molar-refractivity contribution in [1.29, 1.82) is 0 Å². The maximum atomic E-state index is 2.73. The zero-order chi connectivity index (χ0) is 16.1. The first-order chi connectivity index (χ1) is 10.5. The molecule has 0 N–H and O–H groups in total. The van der Waals surface area contributed by atoms with Gasteiger partial charge in [0.05, 0.1) is 0 Å². The van der Waals surface area contributed by atoms with Gasteiger partial charge in [0.25, 0.3) is 0 Å². The Morgan fingerprint density at radius 3 is 1.55 bits per heavy atom. The lowest BCUT2D eigenvalue weighted by Gasteiger charge is -2.40. The van der Waals surface area contributed by atoms with E-state index < -0.39 is 0 Å². The summed E-state index contributed by atoms with van der Waals surface area (Å²) in [5, 5.41) is 0. The van der Waals surface area contributed by atoms with E-state index in [-0.39, 0.29) is 0 Å². The molecule has 0 aliphatic carbocycles. The lowest BCUT2D eigenvalue weighted by molar-refractivity contribution is 0.0738. The molecular weight excluding hydrogens is 270 g/mol. The summed E-state index contributed by atoms with van der Waals surface area (Å²) in [6.07, 6.45) is 5.52. The summed E-state index contributed by atoms with van der Waals surface area (Å²) in [6, 6.07) is 2.23. The number of hydrogen-bond donors (Lipinski definition) is 0. The monoisotopic (exact) mass is 309 g/mol. The first-order valence-electron chi connectivity index (χ1n) is 9.69. The Kier molecular flexibility index (Phi) is 7.17. The average Bonchev–Trinajstić information content (AvgIpc) is 2.53. The van der Waals surface area contributed by atoms with Crippen LogP contribution in [0.4, 0.5) is 0 Å². The molecule has 0 spiro atoms. The Labute approximate surface area is 139 Å². The van der Waals surface area contributed by atoms with Crippen LogP contribution >= 0.6 is 0 Å². The van der Waals surface area contributed by atoms with Gasteiger partial charge in [0.15, 0.2) is 0 Å². The molecule has 2 unspecified atom stereocenters. The highest BCUT2D eigenvalue weighted by Crippen LogP contribution is 2.21. The van der Waals surface area contributed by atoms with Gasteiger partial charge in [-0.15, -0.1) is 0 Å². The maximum absolute atomic E-state index is 2.73. The number of hydrogen-bond acceptors (Lipinski definition) is 3. The van der Waals surface area contributed by atoms with Gasteiger partial charge in [-0.25, -0.2) is 0 Å². The van der Waals surface area contributed by atoms with Crippen LogP contribution in [0.15, 0.2) is 0 Å². The van der Waals surface area contributed by atoms with Crippen LogP contribution in [-0.4, -0.2) is 72.1 Å². The third-order valence-corrected chi connectivity index (χ3v) is 6.15. The SMILES string of the molecule is CC1CCN(C(C)CCC(C)N2CCN(C(C)C)CC2)CC1. The van der Waals surface area contributed by atoms with E-state index in [1.165, 1.54) is 65.0 Å². The minimum Gasteiger partial charge on any atom is -0.301 e. The van der Waals surface area contributed by atoms with Gasteiger partial charge in [-0.2, -0.15) is 0 Å². The van der Waals surface area contributed by atoms with E-state index in [0.29, 0.717) is 6.04 Å². The first kappa shape index (κ1) is 18.2. The standard InChI is InChI=1S/C19H39N3/c1-16(2)20-12-14-22(15-13-20)19(5)7-6-18(4)21-10-8-17(3)9-11-21/h16-19H,6-15H2,1-5H3. The third kappa shape index (κ3) is 5.21. The van der Waals surface area contributed by atoms with Crippen LogP contribution in [0.2, 0.25) is 0 Å². The minimum absolute atomic E-state index is 0.707. The molecular formula is C19H39N3. The van der Waals surface area contributed by atoms with E-state index in [1.54, 1.807) is 0 Å². The highest BCUT2D eigenvalue weighted by atomic mass is 15.3. The number of rotatable bonds is 6. The average molecular weight is 310 g/mol. The molecule has 2 atom stereocenters. The smallest absolute Gasteiger partial charge is 0.0113 e. The van der Waals surface area contributed by atoms with Crippen LogP contribution in [0.3, 0.4) is 0 Å². The molecule has 2 rings (SSSR count). The first-order valence-corrected chi connectivity index (χ1v) is 9.69. The quantitative estimate of drug-likeness (QED) is 0.745. The van der Waals surface area contributed by atoms with Crippen LogP contribution in [-0.2, 0) is 0 Å². The largest absolute Gasteiger partial charge is 0.301 e. The molecule has 2 fully saturated rings. The van der Waals surface area contributed by atoms with Crippen molar-refractivity contribution in [2.75, 3.05) is 39.3 Å². The van der Waals surface area contributed by atoms with Crippen molar-refractivity contribution in [3.8, 4) is 0 Å². The molecule has 2 saturated heterocycles. The van der Waals surface area contributed by atoms with Crippen molar-refractivity contribution in [2.24, 2.45) is 5.92 Å². The van der Waals surface area contributed by atoms with Gasteiger partial charge < -0.3 is 4.90 Å². The van der Waals surface area contributed by atoms with Crippen LogP contribution in [0.1, 0.15) is 60.3 Å². The molecule has 2 heterocycles. The second kappa shape index (κ2) is 8.65. The van der Waals surface area contributed by atoms with Crippen LogP contribution in [0.25, 0.3) is 0 Å². The van der Waals surface area contributed by atoms with Gasteiger partial charge in [-0.05, 0) is 72.4 Å². The molecule has 0 aromatic rings. The molecule has 3 heteroatoms. The molecule has 0 bridgehead atoms. The Hall–Kier alpha value is -0.120. The zero-order valence-corrected chi connectivity index (χ0v) is 15.7. The summed E-state index contributed by atoms with van der Waals surface area (Å²) in [6.45, 7) is 19.6. The molecule has 2 aliphatic heterocycles. The predicted molar refractivity (Wildman–Crippen MR) is 96.4 cm³/mol. The van der Waals surface area contributed by atoms with E-state index in [9.17, 15) is 0 Å². The molecule has 22 heavy (non-hydrogen) atoms. The summed E-state index contributed by atoms with van der Waals surface area (Å²) in [5.41, 5.74) is 0. The van der Waals surface area contributed by atoms with E-state index >= 15 is 0 Å². The van der Waals surface area contributed by atoms with Crippen molar-refractivity contribution >= 4 is 0 Å². The number of nitrogens with zero attached hydrogens (tertiary/aromatic N) is 3. The van der Waals surface area contributed by atoms with Crippen molar-refractivity contribution in [1.82, 2.24) is 14.7 Å². The van der Waals surface area contributed by atoms with E-state index in [0.717, 1.165) is 18.0 Å². The van der Waals surface area contributed by atoms with Crippen molar-refractivity contribution in [2.45, 2.75) is 78.4 Å². The van der Waals surface area contributed by atoms with Crippen LogP contribution in [0, 0.1) is 5.92 Å². The van der Waals surface area contributed by atoms with Gasteiger partial charge in [0.2, 0.25) is 0 Å². The molecule has 2 aliphatic rings. The molecule has 0 amide bonds. The van der Waals surface area contributed by atoms with Gasteiger partial charge in [0.1, 0.15) is 0 Å². The topological polar surface area (TPSA) is 9.72 Å². The Balaban J connectivity index is 1.66. The molecule has 3 nitrogen and oxygen atoms in total. The van der Waals surface area contributed by atoms with Gasteiger partial charge >= 0.3 is 0 Å². The Bertz CT molecular complexity index is 302. The normalized spacial score (nSPS) is 26.5. The summed E-state index contributed by atoms with van der Waals surface area (Å²) in [5.74, 6) is 0.944. The second-order valence-corrected chi connectivity index (χ2v) is 8.16. The molecule has 130 valence electrons. The zero-order valence-electron chi connectivity index (χ0n) is 15.7. The fourth-order valence-corrected chi connectivity index (χ4v) is 4.01. The summed E-state index contributed by atoms with van der Waals surface area (Å²) in [4.78, 5) is 8.05. The Morgan fingerprint density at radius 2 is 1.09 bits per heavy atom. The lowest BCUT2D eigenvalue weighted by Crippen LogP contribution is -2.51. The number of piperazine rings is 1. The number of piperidine rings is 1. The molecule has 0 aromatic heterocycles. The molecule has 0 aromatic carbocycles. The predicted octanol–water partition coefficient (Wildman–Crippen LogP) is 3.30. The molecule has 0 saturated carbocycles. The van der Waals surface area contributed by atoms with Crippen molar-refractivity contribution < 1.29 is 0 Å². The van der Waals surface area contributed by atoms with Gasteiger partial charge in [-0.1, -0.05) is 6.92 Å². The fraction of sp³-hybridized carbons (Fsp3) is 1.00. The minimum atomic E-state index is 0.707. The highest BCUT2D eigenvalue weighted by Gasteiger charge is 2.24. The lowest BCUT2D eigenvalue weighted by atomic mass is 9.96. The van der Waals surface area contributed by atoms with E-state index in [4.69, 9.17) is 0 Å². The number of likely N-dealkylation sites (tertiary alicyclic amines) is 1. The van der Waals surface area contributed by atoms with Crippen LogP contribution < -0.4 is 0 Å². The molecule has 0 radical (unpaired) electrons. The van der Waals surface area contributed by atoms with E-state index in [2.05, 4.69) is 49.3 Å². The fourth-order valence-electron chi connectivity index (χ4n) is 4.01. The second-order valence-electron chi connectivity index (χ2n) is 8.16. The van der Waals surface area contributed by atoms with Gasteiger partial charge in [0, 0.05) is 44.3 Å². The van der Waals surface area contributed by atoms with Crippen LogP contribution in [0.5, 0.6) is 0 Å². The van der Waals surface area contributed by atoms with Gasteiger partial charge in [-0.3, -0.25) is 9.80 Å². The third-order valence-electron chi connectivity index (χ3n) is 6.15. The summed E-state index contributed by atoms with van der Waals surface area (Å²) < 4.78 is 0. The highest BCUT2D eigenvalue weighted by molar-refractivity contribution is 4.80. The summed E-state index contributed by atoms with van der Waals surface area (Å²) in [7, 11) is 0. The summed E-state index contributed by atoms with van der Waals surface area (Å²) >= 11 is 0. The van der Waals surface area contributed by atoms with Crippen molar-refractivity contribution in [3.05, 3.63) is 0 Å². The maximum Gasteiger partial charge on any atom is 0.0113 e. The van der Waals surface area contributed by atoms with E-state index in [1.807, 2.05) is 0 Å². The van der Waals surface area contributed by atoms with Crippen molar-refractivity contribution in [3.63, 3.8) is 0 Å². The Morgan fingerprint density at radius 1 is 0.682 bits per heavy atom.